The highest BCUT2D eigenvalue weighted by Crippen LogP contribution is 2.01. The summed E-state index contributed by atoms with van der Waals surface area (Å²) in [5, 5.41) is 3.30. The van der Waals surface area contributed by atoms with E-state index in [1.807, 2.05) is 12.1 Å². The van der Waals surface area contributed by atoms with E-state index in [1.165, 1.54) is 0 Å². The average molecular weight is 220 g/mol. The Morgan fingerprint density at radius 3 is 2.75 bits per heavy atom. The number of ketones is 1. The van der Waals surface area contributed by atoms with Crippen molar-refractivity contribution in [2.24, 2.45) is 0 Å². The predicted molar refractivity (Wildman–Crippen MR) is 65.3 cm³/mol. The van der Waals surface area contributed by atoms with Crippen LogP contribution in [0.1, 0.15) is 32.8 Å². The Balaban J connectivity index is 2.27. The maximum Gasteiger partial charge on any atom is 0.138 e. The molecule has 0 fully saturated rings. The van der Waals surface area contributed by atoms with Gasteiger partial charge in [-0.15, -0.1) is 0 Å². The Kier molecular flexibility index (Phi) is 4.62. The van der Waals surface area contributed by atoms with Gasteiger partial charge in [-0.1, -0.05) is 6.07 Å². The van der Waals surface area contributed by atoms with E-state index in [0.717, 1.165) is 12.1 Å². The van der Waals surface area contributed by atoms with Crippen molar-refractivity contribution in [3.63, 3.8) is 0 Å². The normalized spacial score (nSPS) is 11.4. The summed E-state index contributed by atoms with van der Waals surface area (Å²) in [5.74, 6) is 0.254. The van der Waals surface area contributed by atoms with Crippen molar-refractivity contribution in [3.05, 3.63) is 30.1 Å². The molecule has 0 aliphatic heterocycles. The zero-order valence-corrected chi connectivity index (χ0v) is 10.3. The molecule has 0 unspecified atom stereocenters. The SMILES string of the molecule is CC(C)(C)NCCC(=O)Cc1cccnc1. The zero-order valence-electron chi connectivity index (χ0n) is 10.3. The number of Topliss-reactive ketones (excluding diaryl/α,β-unsaturated/α-hetero) is 1. The van der Waals surface area contributed by atoms with Crippen LogP contribution in [0.25, 0.3) is 0 Å². The van der Waals surface area contributed by atoms with Crippen molar-refractivity contribution in [1.82, 2.24) is 10.3 Å². The quantitative estimate of drug-likeness (QED) is 0.825. The lowest BCUT2D eigenvalue weighted by atomic mass is 10.1. The molecule has 0 amide bonds. The van der Waals surface area contributed by atoms with Gasteiger partial charge in [-0.3, -0.25) is 9.78 Å². The van der Waals surface area contributed by atoms with E-state index >= 15 is 0 Å². The molecular weight excluding hydrogens is 200 g/mol. The molecule has 1 N–H and O–H groups in total. The lowest BCUT2D eigenvalue weighted by Crippen LogP contribution is -2.37. The lowest BCUT2D eigenvalue weighted by molar-refractivity contribution is -0.118. The fourth-order valence-corrected chi connectivity index (χ4v) is 1.40. The van der Waals surface area contributed by atoms with Gasteiger partial charge in [0.25, 0.3) is 0 Å². The monoisotopic (exact) mass is 220 g/mol. The third-order valence-electron chi connectivity index (χ3n) is 2.18. The maximum absolute atomic E-state index is 11.6. The number of aromatic nitrogens is 1. The second kappa shape index (κ2) is 5.75. The molecule has 1 aromatic heterocycles. The Bertz CT molecular complexity index is 328. The molecule has 0 atom stereocenters. The van der Waals surface area contributed by atoms with Gasteiger partial charge >= 0.3 is 0 Å². The molecular formula is C13H20N2O. The van der Waals surface area contributed by atoms with Gasteiger partial charge in [-0.2, -0.15) is 0 Å². The maximum atomic E-state index is 11.6. The second-order valence-electron chi connectivity index (χ2n) is 5.00. The van der Waals surface area contributed by atoms with Crippen LogP contribution in [0.4, 0.5) is 0 Å². The van der Waals surface area contributed by atoms with Crippen molar-refractivity contribution < 1.29 is 4.79 Å². The fraction of sp³-hybridized carbons (Fsp3) is 0.538. The summed E-state index contributed by atoms with van der Waals surface area (Å²) < 4.78 is 0. The van der Waals surface area contributed by atoms with E-state index in [1.54, 1.807) is 12.4 Å². The summed E-state index contributed by atoms with van der Waals surface area (Å²) in [5.41, 5.74) is 1.07. The molecule has 3 nitrogen and oxygen atoms in total. The molecule has 1 heterocycles. The Morgan fingerprint density at radius 1 is 1.44 bits per heavy atom. The van der Waals surface area contributed by atoms with E-state index in [0.29, 0.717) is 12.8 Å². The van der Waals surface area contributed by atoms with Crippen molar-refractivity contribution in [1.29, 1.82) is 0 Å². The third kappa shape index (κ3) is 5.61. The van der Waals surface area contributed by atoms with Gasteiger partial charge in [-0.25, -0.2) is 0 Å². The first-order valence-electron chi connectivity index (χ1n) is 5.63. The Morgan fingerprint density at radius 2 is 2.19 bits per heavy atom. The number of carbonyl (C=O) groups is 1. The number of hydrogen-bond donors (Lipinski definition) is 1. The molecule has 0 aliphatic carbocycles. The van der Waals surface area contributed by atoms with Crippen LogP contribution >= 0.6 is 0 Å². The van der Waals surface area contributed by atoms with Gasteiger partial charge in [0.15, 0.2) is 0 Å². The fourth-order valence-electron chi connectivity index (χ4n) is 1.40. The van der Waals surface area contributed by atoms with Crippen molar-refractivity contribution >= 4 is 5.78 Å². The molecule has 0 saturated heterocycles. The smallest absolute Gasteiger partial charge is 0.138 e. The number of nitrogens with zero attached hydrogens (tertiary/aromatic N) is 1. The highest BCUT2D eigenvalue weighted by molar-refractivity contribution is 5.80. The molecule has 1 rings (SSSR count). The lowest BCUT2D eigenvalue weighted by Gasteiger charge is -2.20. The first-order chi connectivity index (χ1) is 7.47. The minimum Gasteiger partial charge on any atom is -0.312 e. The molecule has 0 spiro atoms. The molecule has 0 bridgehead atoms. The molecule has 0 radical (unpaired) electrons. The highest BCUT2D eigenvalue weighted by Gasteiger charge is 2.09. The summed E-state index contributed by atoms with van der Waals surface area (Å²) in [6.07, 6.45) is 4.52. The van der Waals surface area contributed by atoms with E-state index < -0.39 is 0 Å². The Hall–Kier alpha value is -1.22. The van der Waals surface area contributed by atoms with Crippen molar-refractivity contribution in [2.45, 2.75) is 39.2 Å². The standard InChI is InChI=1S/C13H20N2O/c1-13(2,3)15-8-6-12(16)9-11-5-4-7-14-10-11/h4-5,7,10,15H,6,8-9H2,1-3H3. The minimum atomic E-state index is 0.0780. The van der Waals surface area contributed by atoms with Crippen LogP contribution in [-0.2, 0) is 11.2 Å². The predicted octanol–water partition coefficient (Wildman–Crippen LogP) is 1.97. The van der Waals surface area contributed by atoms with Gasteiger partial charge in [-0.05, 0) is 32.4 Å². The Labute approximate surface area is 97.3 Å². The van der Waals surface area contributed by atoms with Gasteiger partial charge in [0, 0.05) is 37.3 Å². The van der Waals surface area contributed by atoms with Crippen LogP contribution < -0.4 is 5.32 Å². The van der Waals surface area contributed by atoms with Gasteiger partial charge in [0.1, 0.15) is 5.78 Å². The molecule has 1 aromatic rings. The van der Waals surface area contributed by atoms with E-state index in [9.17, 15) is 4.79 Å². The number of carbonyl (C=O) groups excluding carboxylic acids is 1. The molecule has 0 aromatic carbocycles. The largest absolute Gasteiger partial charge is 0.312 e. The van der Waals surface area contributed by atoms with Gasteiger partial charge in [0.05, 0.1) is 0 Å². The van der Waals surface area contributed by atoms with Gasteiger partial charge < -0.3 is 5.32 Å². The first-order valence-corrected chi connectivity index (χ1v) is 5.63. The number of nitrogens with one attached hydrogen (secondary N) is 1. The van der Waals surface area contributed by atoms with Crippen molar-refractivity contribution in [2.75, 3.05) is 6.54 Å². The van der Waals surface area contributed by atoms with Crippen LogP contribution in [0.2, 0.25) is 0 Å². The summed E-state index contributed by atoms with van der Waals surface area (Å²) in [4.78, 5) is 15.6. The number of hydrogen-bond acceptors (Lipinski definition) is 3. The van der Waals surface area contributed by atoms with Crippen molar-refractivity contribution in [3.8, 4) is 0 Å². The minimum absolute atomic E-state index is 0.0780. The van der Waals surface area contributed by atoms with Crippen LogP contribution in [0.5, 0.6) is 0 Å². The summed E-state index contributed by atoms with van der Waals surface area (Å²) in [6.45, 7) is 7.03. The molecule has 88 valence electrons. The van der Waals surface area contributed by atoms with Crippen LogP contribution in [0.15, 0.2) is 24.5 Å². The molecule has 3 heteroatoms. The summed E-state index contributed by atoms with van der Waals surface area (Å²) in [7, 11) is 0. The topological polar surface area (TPSA) is 42.0 Å². The van der Waals surface area contributed by atoms with Gasteiger partial charge in [0.2, 0.25) is 0 Å². The van der Waals surface area contributed by atoms with E-state index in [4.69, 9.17) is 0 Å². The molecule has 16 heavy (non-hydrogen) atoms. The van der Waals surface area contributed by atoms with E-state index in [-0.39, 0.29) is 11.3 Å². The van der Waals surface area contributed by atoms with E-state index in [2.05, 4.69) is 31.1 Å². The molecule has 0 saturated carbocycles. The van der Waals surface area contributed by atoms with Crippen LogP contribution in [-0.4, -0.2) is 22.9 Å². The second-order valence-corrected chi connectivity index (χ2v) is 5.00. The van der Waals surface area contributed by atoms with Crippen LogP contribution in [0, 0.1) is 0 Å². The number of pyridine rings is 1. The summed E-state index contributed by atoms with van der Waals surface area (Å²) in [6, 6.07) is 3.79. The molecule has 0 aliphatic rings. The third-order valence-corrected chi connectivity index (χ3v) is 2.18. The summed E-state index contributed by atoms with van der Waals surface area (Å²) >= 11 is 0. The zero-order chi connectivity index (χ0) is 12.0. The highest BCUT2D eigenvalue weighted by atomic mass is 16.1. The van der Waals surface area contributed by atoms with Crippen LogP contribution in [0.3, 0.4) is 0 Å². The average Bonchev–Trinajstić information content (AvgIpc) is 2.17. The number of rotatable bonds is 5. The first kappa shape index (κ1) is 12.8.